The highest BCUT2D eigenvalue weighted by molar-refractivity contribution is 5.66. The highest BCUT2D eigenvalue weighted by Crippen LogP contribution is 2.44. The molecule has 0 saturated carbocycles. The lowest BCUT2D eigenvalue weighted by Gasteiger charge is -2.39. The Balaban J connectivity index is 1.89. The van der Waals surface area contributed by atoms with Crippen LogP contribution in [0.1, 0.15) is 150 Å². The van der Waals surface area contributed by atoms with Gasteiger partial charge in [-0.1, -0.05) is 86.5 Å². The predicted octanol–water partition coefficient (Wildman–Crippen LogP) is 10.8. The average molecular weight is 602 g/mol. The molecule has 0 bridgehead atoms. The normalized spacial score (nSPS) is 18.5. The lowest BCUT2D eigenvalue weighted by atomic mass is 9.81. The third-order valence-corrected chi connectivity index (χ3v) is 9.51. The first-order valence-corrected chi connectivity index (χ1v) is 17.3. The van der Waals surface area contributed by atoms with E-state index < -0.39 is 11.7 Å². The minimum absolute atomic E-state index is 0.102. The van der Waals surface area contributed by atoms with Crippen LogP contribution in [0.15, 0.2) is 6.07 Å². The second-order valence-electron chi connectivity index (χ2n) is 16.1. The number of benzene rings is 1. The van der Waals surface area contributed by atoms with Gasteiger partial charge in [0.1, 0.15) is 22.7 Å². The molecule has 0 fully saturated rings. The van der Waals surface area contributed by atoms with Gasteiger partial charge in [0.2, 0.25) is 0 Å². The third kappa shape index (κ3) is 12.9. The largest absolute Gasteiger partial charge is 0.487 e. The second-order valence-corrected chi connectivity index (χ2v) is 16.1. The molecule has 5 nitrogen and oxygen atoms in total. The summed E-state index contributed by atoms with van der Waals surface area (Å²) >= 11 is 0. The van der Waals surface area contributed by atoms with Gasteiger partial charge >= 0.3 is 6.09 Å². The number of ether oxygens (including phenoxy) is 3. The smallest absolute Gasteiger partial charge is 0.406 e. The zero-order valence-electron chi connectivity index (χ0n) is 30.1. The molecule has 0 saturated heterocycles. The topological polar surface area (TPSA) is 56.8 Å². The molecule has 0 spiro atoms. The monoisotopic (exact) mass is 602 g/mol. The van der Waals surface area contributed by atoms with E-state index in [2.05, 4.69) is 87.5 Å². The Morgan fingerprint density at radius 3 is 2.14 bits per heavy atom. The number of methoxy groups -OCH3 is 1. The van der Waals surface area contributed by atoms with Crippen molar-refractivity contribution in [3.63, 3.8) is 0 Å². The number of alkyl carbamates (subject to hydrolysis) is 1. The van der Waals surface area contributed by atoms with E-state index in [1.807, 2.05) is 0 Å². The summed E-state index contributed by atoms with van der Waals surface area (Å²) in [4.78, 5) is 11.6. The summed E-state index contributed by atoms with van der Waals surface area (Å²) in [6.07, 6.45) is 14.3. The van der Waals surface area contributed by atoms with Crippen LogP contribution in [-0.4, -0.2) is 30.9 Å². The Kier molecular flexibility index (Phi) is 14.2. The van der Waals surface area contributed by atoms with E-state index in [9.17, 15) is 4.79 Å². The molecule has 1 aromatic carbocycles. The van der Waals surface area contributed by atoms with Crippen LogP contribution in [0.3, 0.4) is 0 Å². The molecule has 1 heterocycles. The predicted molar refractivity (Wildman–Crippen MR) is 182 cm³/mol. The molecule has 0 radical (unpaired) electrons. The van der Waals surface area contributed by atoms with Crippen molar-refractivity contribution in [1.82, 2.24) is 5.32 Å². The first-order chi connectivity index (χ1) is 20.0. The number of nitrogens with one attached hydrogen (secondary N) is 1. The van der Waals surface area contributed by atoms with E-state index in [4.69, 9.17) is 14.2 Å². The van der Waals surface area contributed by atoms with Crippen LogP contribution in [0, 0.1) is 37.0 Å². The van der Waals surface area contributed by atoms with Crippen LogP contribution >= 0.6 is 0 Å². The molecule has 0 aliphatic carbocycles. The van der Waals surface area contributed by atoms with Crippen LogP contribution in [0.4, 0.5) is 4.79 Å². The van der Waals surface area contributed by atoms with Crippen LogP contribution in [0.25, 0.3) is 0 Å². The van der Waals surface area contributed by atoms with E-state index in [0.717, 1.165) is 60.5 Å². The van der Waals surface area contributed by atoms with Crippen LogP contribution < -0.4 is 14.8 Å². The molecule has 3 unspecified atom stereocenters. The van der Waals surface area contributed by atoms with E-state index in [-0.39, 0.29) is 11.0 Å². The molecule has 1 aromatic rings. The zero-order chi connectivity index (χ0) is 32.4. The van der Waals surface area contributed by atoms with Crippen LogP contribution in [0.5, 0.6) is 11.5 Å². The number of fused-ring (bicyclic) bond motifs is 1. The van der Waals surface area contributed by atoms with Gasteiger partial charge < -0.3 is 19.5 Å². The molecule has 248 valence electrons. The summed E-state index contributed by atoms with van der Waals surface area (Å²) in [6, 6.07) is 2.19. The fraction of sp³-hybridized carbons (Fsp3) is 0.816. The summed E-state index contributed by atoms with van der Waals surface area (Å²) in [7, 11) is 1.39. The minimum atomic E-state index is -0.405. The van der Waals surface area contributed by atoms with Gasteiger partial charge in [-0.05, 0) is 107 Å². The number of amides is 1. The highest BCUT2D eigenvalue weighted by atomic mass is 16.5. The fourth-order valence-electron chi connectivity index (χ4n) is 7.12. The summed E-state index contributed by atoms with van der Waals surface area (Å²) in [6.45, 7) is 25.2. The molecule has 43 heavy (non-hydrogen) atoms. The molecule has 1 amide bonds. The summed E-state index contributed by atoms with van der Waals surface area (Å²) < 4.78 is 18.2. The second kappa shape index (κ2) is 16.4. The molecular formula is C38H67NO4. The van der Waals surface area contributed by atoms with Gasteiger partial charge in [0.05, 0.1) is 7.11 Å². The standard InChI is InChI=1S/C38H67NO4/c1-27(2)16-13-17-28(3)18-14-19-29(4)20-15-22-38(11)23-21-32-31(6)34(30(5)24-33(32)42-38)43-37(9,10)25-36(7,8)26-39-35(40)41-12/h24,27-29H,13-23,25-26H2,1-12H3,(H,39,40). The molecule has 1 aliphatic heterocycles. The van der Waals surface area contributed by atoms with E-state index >= 15 is 0 Å². The maximum atomic E-state index is 11.6. The fourth-order valence-corrected chi connectivity index (χ4v) is 7.12. The quantitative estimate of drug-likeness (QED) is 0.182. The van der Waals surface area contributed by atoms with Gasteiger partial charge in [-0.3, -0.25) is 0 Å². The van der Waals surface area contributed by atoms with Gasteiger partial charge in [-0.15, -0.1) is 0 Å². The average Bonchev–Trinajstić information content (AvgIpc) is 2.88. The molecule has 1 aliphatic rings. The van der Waals surface area contributed by atoms with Crippen molar-refractivity contribution in [2.24, 2.45) is 23.2 Å². The van der Waals surface area contributed by atoms with Gasteiger partial charge in [-0.2, -0.15) is 0 Å². The van der Waals surface area contributed by atoms with Gasteiger partial charge in [-0.25, -0.2) is 4.79 Å². The van der Waals surface area contributed by atoms with Crippen molar-refractivity contribution in [2.75, 3.05) is 13.7 Å². The number of aryl methyl sites for hydroxylation is 1. The molecular weight excluding hydrogens is 534 g/mol. The third-order valence-electron chi connectivity index (χ3n) is 9.51. The number of carbonyl (C=O) groups is 1. The summed E-state index contributed by atoms with van der Waals surface area (Å²) in [5.74, 6) is 4.50. The zero-order valence-corrected chi connectivity index (χ0v) is 30.1. The number of carbonyl (C=O) groups excluding carboxylic acids is 1. The maximum Gasteiger partial charge on any atom is 0.406 e. The summed E-state index contributed by atoms with van der Waals surface area (Å²) in [5.41, 5.74) is 2.94. The van der Waals surface area contributed by atoms with E-state index in [0.29, 0.717) is 6.54 Å². The van der Waals surface area contributed by atoms with Crippen molar-refractivity contribution in [3.8, 4) is 11.5 Å². The van der Waals surface area contributed by atoms with Crippen molar-refractivity contribution in [1.29, 1.82) is 0 Å². The SMILES string of the molecule is COC(=O)NCC(C)(C)CC(C)(C)Oc1c(C)cc2c(c1C)CCC(C)(CCCC(C)CCCC(C)CCCC(C)C)O2. The van der Waals surface area contributed by atoms with Crippen molar-refractivity contribution in [2.45, 2.75) is 164 Å². The lowest BCUT2D eigenvalue weighted by molar-refractivity contribution is 0.0468. The Labute approximate surface area is 265 Å². The number of hydrogen-bond acceptors (Lipinski definition) is 4. The Morgan fingerprint density at radius 1 is 0.977 bits per heavy atom. The summed E-state index contributed by atoms with van der Waals surface area (Å²) in [5, 5.41) is 2.84. The molecule has 1 N–H and O–H groups in total. The first-order valence-electron chi connectivity index (χ1n) is 17.3. The molecule has 3 atom stereocenters. The lowest BCUT2D eigenvalue weighted by Crippen LogP contribution is -2.41. The Morgan fingerprint density at radius 2 is 1.56 bits per heavy atom. The minimum Gasteiger partial charge on any atom is -0.487 e. The van der Waals surface area contributed by atoms with Crippen LogP contribution in [-0.2, 0) is 11.2 Å². The maximum absolute atomic E-state index is 11.6. The van der Waals surface area contributed by atoms with Gasteiger partial charge in [0.25, 0.3) is 0 Å². The molecule has 5 heteroatoms. The van der Waals surface area contributed by atoms with Crippen molar-refractivity contribution in [3.05, 3.63) is 22.8 Å². The van der Waals surface area contributed by atoms with Gasteiger partial charge in [0.15, 0.2) is 0 Å². The highest BCUT2D eigenvalue weighted by Gasteiger charge is 2.35. The Hall–Kier alpha value is -1.91. The molecule has 0 aromatic heterocycles. The van der Waals surface area contributed by atoms with Gasteiger partial charge in [0, 0.05) is 12.1 Å². The molecule has 2 rings (SSSR count). The van der Waals surface area contributed by atoms with E-state index in [1.165, 1.54) is 69.6 Å². The first kappa shape index (κ1) is 37.3. The van der Waals surface area contributed by atoms with Crippen molar-refractivity contribution < 1.29 is 19.0 Å². The number of hydrogen-bond donors (Lipinski definition) is 1. The van der Waals surface area contributed by atoms with E-state index in [1.54, 1.807) is 0 Å². The number of rotatable bonds is 18. The van der Waals surface area contributed by atoms with Crippen LogP contribution in [0.2, 0.25) is 0 Å². The van der Waals surface area contributed by atoms with Crippen molar-refractivity contribution >= 4 is 6.09 Å². The Bertz CT molecular complexity index is 1010.